The Balaban J connectivity index is -0.0000000383. The fourth-order valence-corrected chi connectivity index (χ4v) is 0. The van der Waals surface area contributed by atoms with Crippen molar-refractivity contribution in [3.63, 3.8) is 0 Å². The van der Waals surface area contributed by atoms with E-state index in [4.69, 9.17) is 34.3 Å². The van der Waals surface area contributed by atoms with Crippen LogP contribution in [0.3, 0.4) is 0 Å². The van der Waals surface area contributed by atoms with Crippen LogP contribution in [0.25, 0.3) is 0 Å². The summed E-state index contributed by atoms with van der Waals surface area (Å²) in [6, 6.07) is 0. The van der Waals surface area contributed by atoms with Gasteiger partial charge in [-0.3, -0.25) is 0 Å². The van der Waals surface area contributed by atoms with Crippen molar-refractivity contribution in [1.29, 1.82) is 0 Å². The SMILES string of the molecule is O.O=P([O-])([O-])O.OB(O)O.[Zn+2]. The number of hydrogen-bond acceptors (Lipinski definition) is 6. The monoisotopic (exact) mass is 240 g/mol. The standard InChI is InChI=1S/BH3O3.H3O4P.H2O.Zn/c2-1(3)4;1-5(2,3)4;;/h2-4H;(H3,1,2,3,4);1H2;/q;;;+2/p-2. The fraction of sp³-hybridized carbons (Fsp3) is 0. The molecule has 0 heterocycles. The van der Waals surface area contributed by atoms with Crippen LogP contribution in [0.5, 0.6) is 0 Å². The maximum absolute atomic E-state index is 8.66. The number of rotatable bonds is 0. The molecule has 11 heavy (non-hydrogen) atoms. The topological polar surface area (TPSA) is 176 Å². The Morgan fingerprint density at radius 3 is 1.18 bits per heavy atom. The van der Waals surface area contributed by atoms with Crippen molar-refractivity contribution in [2.75, 3.05) is 0 Å². The Bertz CT molecular complexity index is 85.2. The van der Waals surface area contributed by atoms with E-state index in [9.17, 15) is 0 Å². The van der Waals surface area contributed by atoms with Crippen LogP contribution in [-0.2, 0) is 24.0 Å². The van der Waals surface area contributed by atoms with Gasteiger partial charge in [0.1, 0.15) is 0 Å². The van der Waals surface area contributed by atoms with E-state index in [0.29, 0.717) is 0 Å². The third kappa shape index (κ3) is 1950. The zero-order valence-electron chi connectivity index (χ0n) is 5.25. The number of hydrogen-bond donors (Lipinski definition) is 4. The molecular formula is H6BO8PZn. The van der Waals surface area contributed by atoms with Gasteiger partial charge in [0, 0.05) is 0 Å². The zero-order chi connectivity index (χ0) is 8.08. The summed E-state index contributed by atoms with van der Waals surface area (Å²) in [4.78, 5) is 24.3. The van der Waals surface area contributed by atoms with E-state index in [1.807, 2.05) is 0 Å². The third-order valence-electron chi connectivity index (χ3n) is 0. The van der Waals surface area contributed by atoms with E-state index in [-0.39, 0.29) is 25.0 Å². The second-order valence-electron chi connectivity index (χ2n) is 0.815. The predicted octanol–water partition coefficient (Wildman–Crippen LogP) is -5.07. The summed E-state index contributed by atoms with van der Waals surface area (Å²) >= 11 is 0. The normalized spacial score (nSPS) is 7.82. The van der Waals surface area contributed by atoms with Crippen LogP contribution in [0.15, 0.2) is 0 Å². The molecule has 0 aliphatic heterocycles. The maximum atomic E-state index is 8.66. The van der Waals surface area contributed by atoms with Gasteiger partial charge in [0.25, 0.3) is 0 Å². The van der Waals surface area contributed by atoms with E-state index >= 15 is 0 Å². The third-order valence-corrected chi connectivity index (χ3v) is 0. The molecule has 0 aliphatic carbocycles. The van der Waals surface area contributed by atoms with E-state index in [2.05, 4.69) is 0 Å². The summed E-state index contributed by atoms with van der Waals surface area (Å²) in [5.41, 5.74) is 0. The molecule has 0 aromatic heterocycles. The molecule has 0 amide bonds. The molecule has 0 aliphatic rings. The van der Waals surface area contributed by atoms with Crippen LogP contribution >= 0.6 is 7.82 Å². The Morgan fingerprint density at radius 1 is 1.18 bits per heavy atom. The summed E-state index contributed by atoms with van der Waals surface area (Å²) in [6.45, 7) is 0. The minimum absolute atomic E-state index is 0. The van der Waals surface area contributed by atoms with Gasteiger partial charge in [-0.05, 0) is 0 Å². The molecule has 0 spiro atoms. The van der Waals surface area contributed by atoms with Crippen LogP contribution in [0.2, 0.25) is 0 Å². The molecule has 11 heteroatoms. The molecule has 8 nitrogen and oxygen atoms in total. The van der Waals surface area contributed by atoms with Crippen molar-refractivity contribution in [3.05, 3.63) is 0 Å². The summed E-state index contributed by atoms with van der Waals surface area (Å²) in [6.07, 6.45) is 0. The fourth-order valence-electron chi connectivity index (χ4n) is 0. The van der Waals surface area contributed by atoms with Crippen LogP contribution in [0, 0.1) is 0 Å². The molecule has 64 valence electrons. The largest absolute Gasteiger partial charge is 2.00 e. The first kappa shape index (κ1) is 22.6. The minimum Gasteiger partial charge on any atom is -0.790 e. The average Bonchev–Trinajstić information content (AvgIpc) is 1.19. The molecule has 0 aromatic carbocycles. The van der Waals surface area contributed by atoms with Gasteiger partial charge in [-0.25, -0.2) is 0 Å². The molecule has 0 saturated heterocycles. The van der Waals surface area contributed by atoms with Crippen molar-refractivity contribution in [2.45, 2.75) is 0 Å². The molecule has 0 bridgehead atoms. The van der Waals surface area contributed by atoms with Crippen LogP contribution < -0.4 is 9.79 Å². The molecule has 0 unspecified atom stereocenters. The molecule has 0 fully saturated rings. The van der Waals surface area contributed by atoms with E-state index < -0.39 is 15.1 Å². The van der Waals surface area contributed by atoms with Crippen molar-refractivity contribution in [3.8, 4) is 0 Å². The maximum Gasteiger partial charge on any atom is 2.00 e. The summed E-state index contributed by atoms with van der Waals surface area (Å²) in [5.74, 6) is 0. The molecular weight excluding hydrogens is 235 g/mol. The molecule has 0 atom stereocenters. The van der Waals surface area contributed by atoms with E-state index in [1.165, 1.54) is 0 Å². The smallest absolute Gasteiger partial charge is 0.790 e. The van der Waals surface area contributed by atoms with Gasteiger partial charge in [-0.1, -0.05) is 0 Å². The molecule has 0 saturated carbocycles. The number of phosphoric acid groups is 1. The van der Waals surface area contributed by atoms with E-state index in [1.54, 1.807) is 0 Å². The van der Waals surface area contributed by atoms with Crippen molar-refractivity contribution >= 4 is 15.1 Å². The van der Waals surface area contributed by atoms with Gasteiger partial charge < -0.3 is 39.8 Å². The molecule has 0 radical (unpaired) electrons. The predicted molar refractivity (Wildman–Crippen MR) is 25.8 cm³/mol. The van der Waals surface area contributed by atoms with Gasteiger partial charge in [0.15, 0.2) is 0 Å². The molecule has 6 N–H and O–H groups in total. The summed E-state index contributed by atoms with van der Waals surface area (Å²) in [7, 11) is -7.31. The minimum atomic E-state index is -5.14. The van der Waals surface area contributed by atoms with Crippen molar-refractivity contribution < 1.29 is 59.3 Å². The van der Waals surface area contributed by atoms with Gasteiger partial charge in [0.2, 0.25) is 0 Å². The van der Waals surface area contributed by atoms with E-state index in [0.717, 1.165) is 0 Å². The van der Waals surface area contributed by atoms with Crippen molar-refractivity contribution in [1.82, 2.24) is 0 Å². The van der Waals surface area contributed by atoms with Crippen molar-refractivity contribution in [2.24, 2.45) is 0 Å². The van der Waals surface area contributed by atoms with Gasteiger partial charge in [-0.2, -0.15) is 0 Å². The summed E-state index contributed by atoms with van der Waals surface area (Å²) in [5, 5.41) is 21.5. The first-order valence-corrected chi connectivity index (χ1v) is 3.02. The Labute approximate surface area is 75.0 Å². The van der Waals surface area contributed by atoms with Gasteiger partial charge in [0.05, 0.1) is 7.82 Å². The first-order chi connectivity index (χ1) is 3.73. The molecule has 0 rings (SSSR count). The zero-order valence-corrected chi connectivity index (χ0v) is 9.11. The van der Waals surface area contributed by atoms with Gasteiger partial charge >= 0.3 is 26.8 Å². The Kier molecular flexibility index (Phi) is 21.8. The summed E-state index contributed by atoms with van der Waals surface area (Å²) < 4.78 is 8.66. The second kappa shape index (κ2) is 10.6. The second-order valence-corrected chi connectivity index (χ2v) is 1.75. The Hall–Kier alpha value is 0.638. The Morgan fingerprint density at radius 2 is 1.18 bits per heavy atom. The average molecular weight is 241 g/mol. The van der Waals surface area contributed by atoms with Crippen LogP contribution in [0.4, 0.5) is 0 Å². The quantitative estimate of drug-likeness (QED) is 0.242. The first-order valence-electron chi connectivity index (χ1n) is 1.52. The molecule has 0 aromatic rings. The van der Waals surface area contributed by atoms with Crippen LogP contribution in [0.1, 0.15) is 0 Å². The van der Waals surface area contributed by atoms with Gasteiger partial charge in [-0.15, -0.1) is 0 Å². The van der Waals surface area contributed by atoms with Crippen LogP contribution in [-0.4, -0.2) is 32.8 Å².